The predicted octanol–water partition coefficient (Wildman–Crippen LogP) is 1.36. The van der Waals surface area contributed by atoms with Gasteiger partial charge in [0.25, 0.3) is 0 Å². The molecule has 0 radical (unpaired) electrons. The average molecular weight is 318 g/mol. The minimum Gasteiger partial charge on any atom is -0.354 e. The second-order valence-electron chi connectivity index (χ2n) is 6.19. The molecule has 2 fully saturated rings. The zero-order chi connectivity index (χ0) is 14.4. The minimum absolute atomic E-state index is 0. The fourth-order valence-corrected chi connectivity index (χ4v) is 3.12. The molecule has 122 valence electrons. The first-order valence-electron chi connectivity index (χ1n) is 7.95. The smallest absolute Gasteiger partial charge is 0.223 e. The van der Waals surface area contributed by atoms with Crippen LogP contribution in [-0.2, 0) is 9.59 Å². The van der Waals surface area contributed by atoms with Crippen molar-refractivity contribution in [1.29, 1.82) is 0 Å². The molecule has 6 heteroatoms. The molecule has 1 aliphatic heterocycles. The van der Waals surface area contributed by atoms with Gasteiger partial charge in [0.15, 0.2) is 0 Å². The Morgan fingerprint density at radius 1 is 1.19 bits per heavy atom. The Morgan fingerprint density at radius 2 is 1.90 bits per heavy atom. The Bertz CT molecular complexity index is 340. The summed E-state index contributed by atoms with van der Waals surface area (Å²) in [5.74, 6) is 0.321. The van der Waals surface area contributed by atoms with Gasteiger partial charge in [0, 0.05) is 31.0 Å². The van der Waals surface area contributed by atoms with Crippen LogP contribution < -0.4 is 16.0 Å². The van der Waals surface area contributed by atoms with Crippen molar-refractivity contribution in [2.75, 3.05) is 13.1 Å². The number of amides is 2. The van der Waals surface area contributed by atoms with Crippen LogP contribution in [0.2, 0.25) is 0 Å². The third-order valence-corrected chi connectivity index (χ3v) is 4.31. The van der Waals surface area contributed by atoms with Gasteiger partial charge in [-0.2, -0.15) is 0 Å². The van der Waals surface area contributed by atoms with Crippen molar-refractivity contribution in [2.24, 2.45) is 5.92 Å². The van der Waals surface area contributed by atoms with Crippen LogP contribution >= 0.6 is 12.4 Å². The molecule has 1 saturated heterocycles. The van der Waals surface area contributed by atoms with Crippen LogP contribution in [0.3, 0.4) is 0 Å². The molecule has 0 spiro atoms. The van der Waals surface area contributed by atoms with Crippen molar-refractivity contribution < 1.29 is 9.59 Å². The molecule has 2 unspecified atom stereocenters. The predicted molar refractivity (Wildman–Crippen MR) is 85.5 cm³/mol. The van der Waals surface area contributed by atoms with Crippen molar-refractivity contribution in [3.05, 3.63) is 0 Å². The lowest BCUT2D eigenvalue weighted by molar-refractivity contribution is -0.126. The van der Waals surface area contributed by atoms with E-state index in [0.717, 1.165) is 38.6 Å². The van der Waals surface area contributed by atoms with Crippen LogP contribution in [0, 0.1) is 5.92 Å². The Hall–Kier alpha value is -0.810. The Kier molecular flexibility index (Phi) is 8.04. The standard InChI is InChI=1S/C15H27N3O2.ClH/c1-11(18-15(20)12-5-2-3-6-12)9-14(19)17-10-13-7-4-8-16-13;/h11-13,16H,2-10H2,1H3,(H,17,19)(H,18,20);1H. The van der Waals surface area contributed by atoms with Crippen molar-refractivity contribution >= 4 is 24.2 Å². The molecule has 2 rings (SSSR count). The number of halogens is 1. The summed E-state index contributed by atoms with van der Waals surface area (Å²) in [6, 6.07) is 0.335. The van der Waals surface area contributed by atoms with Gasteiger partial charge in [0.1, 0.15) is 0 Å². The topological polar surface area (TPSA) is 70.2 Å². The second-order valence-corrected chi connectivity index (χ2v) is 6.19. The lowest BCUT2D eigenvalue weighted by Crippen LogP contribution is -2.42. The highest BCUT2D eigenvalue weighted by Gasteiger charge is 2.24. The van der Waals surface area contributed by atoms with Crippen molar-refractivity contribution in [3.63, 3.8) is 0 Å². The second kappa shape index (κ2) is 9.26. The Balaban J connectivity index is 0.00000220. The summed E-state index contributed by atoms with van der Waals surface area (Å²) in [6.07, 6.45) is 6.99. The first-order valence-corrected chi connectivity index (χ1v) is 7.95. The number of hydrogen-bond donors (Lipinski definition) is 3. The molecule has 1 aliphatic carbocycles. The van der Waals surface area contributed by atoms with E-state index < -0.39 is 0 Å². The number of hydrogen-bond acceptors (Lipinski definition) is 3. The van der Waals surface area contributed by atoms with E-state index in [1.54, 1.807) is 0 Å². The summed E-state index contributed by atoms with van der Waals surface area (Å²) in [5.41, 5.74) is 0. The number of carbonyl (C=O) groups is 2. The molecule has 5 nitrogen and oxygen atoms in total. The third-order valence-electron chi connectivity index (χ3n) is 4.31. The summed E-state index contributed by atoms with van der Waals surface area (Å²) >= 11 is 0. The number of nitrogens with one attached hydrogen (secondary N) is 3. The van der Waals surface area contributed by atoms with E-state index in [4.69, 9.17) is 0 Å². The van der Waals surface area contributed by atoms with Gasteiger partial charge in [-0.25, -0.2) is 0 Å². The Morgan fingerprint density at radius 3 is 2.52 bits per heavy atom. The summed E-state index contributed by atoms with van der Waals surface area (Å²) in [5, 5.41) is 9.26. The van der Waals surface area contributed by atoms with E-state index in [9.17, 15) is 9.59 Å². The van der Waals surface area contributed by atoms with Crippen LogP contribution in [0.15, 0.2) is 0 Å². The van der Waals surface area contributed by atoms with E-state index in [-0.39, 0.29) is 36.2 Å². The lowest BCUT2D eigenvalue weighted by Gasteiger charge is -2.17. The van der Waals surface area contributed by atoms with E-state index in [1.165, 1.54) is 6.42 Å². The van der Waals surface area contributed by atoms with Crippen LogP contribution in [-0.4, -0.2) is 37.0 Å². The van der Waals surface area contributed by atoms with Gasteiger partial charge in [-0.3, -0.25) is 9.59 Å². The highest BCUT2D eigenvalue weighted by molar-refractivity contribution is 5.85. The van der Waals surface area contributed by atoms with E-state index in [2.05, 4.69) is 16.0 Å². The fourth-order valence-electron chi connectivity index (χ4n) is 3.12. The highest BCUT2D eigenvalue weighted by Crippen LogP contribution is 2.24. The maximum absolute atomic E-state index is 12.0. The molecule has 1 saturated carbocycles. The molecule has 0 aromatic rings. The molecular weight excluding hydrogens is 290 g/mol. The third kappa shape index (κ3) is 6.22. The maximum atomic E-state index is 12.0. The van der Waals surface area contributed by atoms with Crippen LogP contribution in [0.1, 0.15) is 51.9 Å². The first-order chi connectivity index (χ1) is 9.65. The highest BCUT2D eigenvalue weighted by atomic mass is 35.5. The van der Waals surface area contributed by atoms with Crippen LogP contribution in [0.5, 0.6) is 0 Å². The molecule has 3 N–H and O–H groups in total. The zero-order valence-corrected chi connectivity index (χ0v) is 13.6. The van der Waals surface area contributed by atoms with E-state index in [0.29, 0.717) is 19.0 Å². The normalized spacial score (nSPS) is 23.4. The summed E-state index contributed by atoms with van der Waals surface area (Å²) in [4.78, 5) is 23.8. The monoisotopic (exact) mass is 317 g/mol. The molecule has 0 bridgehead atoms. The quantitative estimate of drug-likeness (QED) is 0.693. The van der Waals surface area contributed by atoms with Gasteiger partial charge >= 0.3 is 0 Å². The molecule has 0 aromatic heterocycles. The SMILES string of the molecule is CC(CC(=O)NCC1CCCN1)NC(=O)C1CCCC1.Cl. The molecule has 0 aromatic carbocycles. The fraction of sp³-hybridized carbons (Fsp3) is 0.867. The van der Waals surface area contributed by atoms with Gasteiger partial charge in [-0.1, -0.05) is 12.8 Å². The van der Waals surface area contributed by atoms with Gasteiger partial charge in [0.05, 0.1) is 0 Å². The largest absolute Gasteiger partial charge is 0.354 e. The van der Waals surface area contributed by atoms with Gasteiger partial charge in [-0.05, 0) is 39.2 Å². The van der Waals surface area contributed by atoms with Gasteiger partial charge in [-0.15, -0.1) is 12.4 Å². The summed E-state index contributed by atoms with van der Waals surface area (Å²) < 4.78 is 0. The first kappa shape index (κ1) is 18.2. The van der Waals surface area contributed by atoms with Crippen molar-refractivity contribution in [1.82, 2.24) is 16.0 Å². The molecule has 1 heterocycles. The molecule has 2 atom stereocenters. The van der Waals surface area contributed by atoms with Crippen LogP contribution in [0.4, 0.5) is 0 Å². The average Bonchev–Trinajstić information content (AvgIpc) is 3.09. The van der Waals surface area contributed by atoms with Crippen molar-refractivity contribution in [2.45, 2.75) is 64.0 Å². The summed E-state index contributed by atoms with van der Waals surface area (Å²) in [7, 11) is 0. The lowest BCUT2D eigenvalue weighted by atomic mass is 10.1. The molecule has 2 aliphatic rings. The van der Waals surface area contributed by atoms with Gasteiger partial charge < -0.3 is 16.0 Å². The van der Waals surface area contributed by atoms with Crippen molar-refractivity contribution in [3.8, 4) is 0 Å². The Labute approximate surface area is 133 Å². The van der Waals surface area contributed by atoms with E-state index >= 15 is 0 Å². The summed E-state index contributed by atoms with van der Waals surface area (Å²) in [6.45, 7) is 3.65. The van der Waals surface area contributed by atoms with Gasteiger partial charge in [0.2, 0.25) is 11.8 Å². The maximum Gasteiger partial charge on any atom is 0.223 e. The van der Waals surface area contributed by atoms with Crippen LogP contribution in [0.25, 0.3) is 0 Å². The number of rotatable bonds is 6. The molecular formula is C15H28ClN3O2. The number of carbonyl (C=O) groups excluding carboxylic acids is 2. The molecule has 21 heavy (non-hydrogen) atoms. The van der Waals surface area contributed by atoms with E-state index in [1.807, 2.05) is 6.92 Å². The molecule has 2 amide bonds. The minimum atomic E-state index is -0.0837. The zero-order valence-electron chi connectivity index (χ0n) is 12.8.